The van der Waals surface area contributed by atoms with Gasteiger partial charge < -0.3 is 10.0 Å². The molecule has 0 heterocycles. The third-order valence-electron chi connectivity index (χ3n) is 2.47. The van der Waals surface area contributed by atoms with Gasteiger partial charge in [-0.25, -0.2) is 0 Å². The second kappa shape index (κ2) is 6.25. The monoisotopic (exact) mass is 240 g/mol. The van der Waals surface area contributed by atoms with Crippen molar-refractivity contribution >= 4 is 5.69 Å². The third kappa shape index (κ3) is 2.98. The Hall–Kier alpha value is -2.55. The van der Waals surface area contributed by atoms with E-state index < -0.39 is 6.10 Å². The molecule has 0 bridgehead atoms. The average molecular weight is 240 g/mol. The van der Waals surface area contributed by atoms with E-state index in [1.807, 2.05) is 18.2 Å². The molecule has 0 aliphatic rings. The molecule has 0 spiro atoms. The van der Waals surface area contributed by atoms with Crippen LogP contribution in [-0.4, -0.2) is 18.2 Å². The van der Waals surface area contributed by atoms with E-state index >= 15 is 0 Å². The molecule has 1 aromatic rings. The minimum atomic E-state index is -0.729. The number of nitriles is 3. The van der Waals surface area contributed by atoms with Gasteiger partial charge in [-0.3, -0.25) is 0 Å². The zero-order valence-electron chi connectivity index (χ0n) is 9.96. The van der Waals surface area contributed by atoms with Crippen LogP contribution in [0, 0.1) is 34.0 Å². The van der Waals surface area contributed by atoms with Gasteiger partial charge in [-0.1, -0.05) is 6.07 Å². The van der Waals surface area contributed by atoms with Crippen molar-refractivity contribution in [2.75, 3.05) is 18.0 Å². The first-order chi connectivity index (χ1) is 8.63. The lowest BCUT2D eigenvalue weighted by atomic mass is 10.0. The van der Waals surface area contributed by atoms with E-state index in [1.54, 1.807) is 25.1 Å². The summed E-state index contributed by atoms with van der Waals surface area (Å²) < 4.78 is 0. The molecule has 1 aromatic carbocycles. The summed E-state index contributed by atoms with van der Waals surface area (Å²) in [6, 6.07) is 10.7. The Labute approximate surface area is 106 Å². The van der Waals surface area contributed by atoms with Crippen LogP contribution in [0.25, 0.3) is 0 Å². The second-order valence-corrected chi connectivity index (χ2v) is 3.73. The number of hydrogen-bond acceptors (Lipinski definition) is 5. The summed E-state index contributed by atoms with van der Waals surface area (Å²) in [4.78, 5) is 1.53. The minimum absolute atomic E-state index is 0.0299. The third-order valence-corrected chi connectivity index (χ3v) is 2.47. The molecule has 1 atom stereocenters. The first kappa shape index (κ1) is 13.5. The Morgan fingerprint density at radius 3 is 2.28 bits per heavy atom. The largest absolute Gasteiger partial charge is 0.389 e. The van der Waals surface area contributed by atoms with Gasteiger partial charge in [0.25, 0.3) is 0 Å². The van der Waals surface area contributed by atoms with Gasteiger partial charge in [-0.2, -0.15) is 15.8 Å². The van der Waals surface area contributed by atoms with Crippen molar-refractivity contribution in [1.82, 2.24) is 0 Å². The molecule has 1 rings (SSSR count). The fourth-order valence-electron chi connectivity index (χ4n) is 1.64. The highest BCUT2D eigenvalue weighted by Gasteiger charge is 2.15. The molecule has 5 nitrogen and oxygen atoms in total. The number of hydrogen-bond donors (Lipinski definition) is 1. The van der Waals surface area contributed by atoms with Crippen LogP contribution in [0.2, 0.25) is 0 Å². The molecule has 1 N–H and O–H groups in total. The van der Waals surface area contributed by atoms with E-state index in [-0.39, 0.29) is 13.1 Å². The molecule has 0 fully saturated rings. The summed E-state index contributed by atoms with van der Waals surface area (Å²) in [6.45, 7) is 1.66. The molecule has 0 aliphatic heterocycles. The maximum atomic E-state index is 9.68. The van der Waals surface area contributed by atoms with Crippen molar-refractivity contribution in [3.63, 3.8) is 0 Å². The summed E-state index contributed by atoms with van der Waals surface area (Å²) in [5, 5.41) is 36.1. The number of nitrogens with zero attached hydrogens (tertiary/aromatic N) is 4. The molecule has 90 valence electrons. The van der Waals surface area contributed by atoms with Crippen molar-refractivity contribution in [2.24, 2.45) is 0 Å². The van der Waals surface area contributed by atoms with Gasteiger partial charge in [0.15, 0.2) is 0 Å². The van der Waals surface area contributed by atoms with Crippen LogP contribution >= 0.6 is 0 Å². The van der Waals surface area contributed by atoms with Gasteiger partial charge in [0.1, 0.15) is 13.1 Å². The van der Waals surface area contributed by atoms with E-state index in [0.29, 0.717) is 16.8 Å². The normalized spacial score (nSPS) is 10.8. The summed E-state index contributed by atoms with van der Waals surface area (Å²) >= 11 is 0. The maximum Gasteiger partial charge on any atom is 0.106 e. The van der Waals surface area contributed by atoms with Gasteiger partial charge >= 0.3 is 0 Å². The standard InChI is InChI=1S/C13H12N4O/c1-10(18)12-3-2-11(9-16)8-13(12)17(6-4-14)7-5-15/h2-3,8,10,18H,6-7H2,1H3. The Morgan fingerprint density at radius 1 is 1.22 bits per heavy atom. The Kier molecular flexibility index (Phi) is 4.69. The summed E-state index contributed by atoms with van der Waals surface area (Å²) in [5.74, 6) is 0. The quantitative estimate of drug-likeness (QED) is 0.804. The Balaban J connectivity index is 3.30. The van der Waals surface area contributed by atoms with Crippen molar-refractivity contribution in [1.29, 1.82) is 15.8 Å². The van der Waals surface area contributed by atoms with E-state index in [1.165, 1.54) is 4.90 Å². The van der Waals surface area contributed by atoms with Gasteiger partial charge in [0, 0.05) is 11.3 Å². The van der Waals surface area contributed by atoms with Crippen LogP contribution in [0.3, 0.4) is 0 Å². The zero-order valence-corrected chi connectivity index (χ0v) is 9.96. The highest BCUT2D eigenvalue weighted by Crippen LogP contribution is 2.27. The van der Waals surface area contributed by atoms with Crippen molar-refractivity contribution in [3.8, 4) is 18.2 Å². The second-order valence-electron chi connectivity index (χ2n) is 3.73. The first-order valence-corrected chi connectivity index (χ1v) is 5.35. The van der Waals surface area contributed by atoms with Gasteiger partial charge in [-0.15, -0.1) is 0 Å². The number of rotatable bonds is 4. The van der Waals surface area contributed by atoms with Crippen molar-refractivity contribution in [2.45, 2.75) is 13.0 Å². The molecule has 0 saturated heterocycles. The highest BCUT2D eigenvalue weighted by molar-refractivity contribution is 5.59. The number of aliphatic hydroxyl groups excluding tert-OH is 1. The van der Waals surface area contributed by atoms with E-state index in [4.69, 9.17) is 15.8 Å². The van der Waals surface area contributed by atoms with Crippen LogP contribution in [0.5, 0.6) is 0 Å². The average Bonchev–Trinajstić information content (AvgIpc) is 2.37. The molecule has 1 unspecified atom stereocenters. The maximum absolute atomic E-state index is 9.68. The fraction of sp³-hybridized carbons (Fsp3) is 0.308. The van der Waals surface area contributed by atoms with Gasteiger partial charge in [0.2, 0.25) is 0 Å². The Morgan fingerprint density at radius 2 is 1.83 bits per heavy atom. The molecule has 0 saturated carbocycles. The van der Waals surface area contributed by atoms with Crippen LogP contribution in [0.1, 0.15) is 24.2 Å². The van der Waals surface area contributed by atoms with Crippen LogP contribution in [0.4, 0.5) is 5.69 Å². The summed E-state index contributed by atoms with van der Waals surface area (Å²) in [6.07, 6.45) is -0.729. The summed E-state index contributed by atoms with van der Waals surface area (Å²) in [7, 11) is 0. The van der Waals surface area contributed by atoms with Gasteiger partial charge in [-0.05, 0) is 19.1 Å². The molecule has 0 radical (unpaired) electrons. The van der Waals surface area contributed by atoms with E-state index in [9.17, 15) is 5.11 Å². The molecular formula is C13H12N4O. The van der Waals surface area contributed by atoms with Crippen LogP contribution < -0.4 is 4.90 Å². The molecule has 0 aliphatic carbocycles. The summed E-state index contributed by atoms with van der Waals surface area (Å²) in [5.41, 5.74) is 1.57. The van der Waals surface area contributed by atoms with Crippen LogP contribution in [0.15, 0.2) is 18.2 Å². The highest BCUT2D eigenvalue weighted by atomic mass is 16.3. The lowest BCUT2D eigenvalue weighted by Gasteiger charge is -2.23. The zero-order chi connectivity index (χ0) is 13.5. The lowest BCUT2D eigenvalue weighted by Crippen LogP contribution is -2.25. The van der Waals surface area contributed by atoms with Crippen molar-refractivity contribution in [3.05, 3.63) is 29.3 Å². The lowest BCUT2D eigenvalue weighted by molar-refractivity contribution is 0.199. The topological polar surface area (TPSA) is 94.8 Å². The SMILES string of the molecule is CC(O)c1ccc(C#N)cc1N(CC#N)CC#N. The molecule has 18 heavy (non-hydrogen) atoms. The number of anilines is 1. The Bertz CT molecular complexity index is 530. The fourth-order valence-corrected chi connectivity index (χ4v) is 1.64. The van der Waals surface area contributed by atoms with Gasteiger partial charge in [0.05, 0.1) is 29.9 Å². The van der Waals surface area contributed by atoms with E-state index in [0.717, 1.165) is 0 Å². The molecular weight excluding hydrogens is 228 g/mol. The van der Waals surface area contributed by atoms with Crippen molar-refractivity contribution < 1.29 is 5.11 Å². The van der Waals surface area contributed by atoms with Crippen LogP contribution in [-0.2, 0) is 0 Å². The number of aliphatic hydroxyl groups is 1. The minimum Gasteiger partial charge on any atom is -0.389 e. The smallest absolute Gasteiger partial charge is 0.106 e. The van der Waals surface area contributed by atoms with E-state index in [2.05, 4.69) is 0 Å². The predicted octanol–water partition coefficient (Wildman–Crippen LogP) is 1.47. The molecule has 0 aromatic heterocycles. The molecule has 0 amide bonds. The first-order valence-electron chi connectivity index (χ1n) is 5.35. The predicted molar refractivity (Wildman–Crippen MR) is 65.2 cm³/mol. The molecule has 5 heteroatoms. The number of benzene rings is 1.